The summed E-state index contributed by atoms with van der Waals surface area (Å²) in [5.74, 6) is -1.44. The first-order chi connectivity index (χ1) is 9.84. The van der Waals surface area contributed by atoms with Crippen LogP contribution in [0.3, 0.4) is 0 Å². The highest BCUT2D eigenvalue weighted by molar-refractivity contribution is 6.06. The van der Waals surface area contributed by atoms with E-state index in [1.807, 2.05) is 6.92 Å². The Morgan fingerprint density at radius 3 is 2.43 bits per heavy atom. The predicted molar refractivity (Wildman–Crippen MR) is 78.8 cm³/mol. The third kappa shape index (κ3) is 3.24. The lowest BCUT2D eigenvalue weighted by Crippen LogP contribution is -2.40. The van der Waals surface area contributed by atoms with Gasteiger partial charge in [-0.05, 0) is 44.7 Å². The number of hydrogen-bond acceptors (Lipinski definition) is 3. The Bertz CT molecular complexity index is 574. The molecule has 1 aliphatic rings. The van der Waals surface area contributed by atoms with Crippen LogP contribution in [0.4, 0.5) is 0 Å². The fourth-order valence-electron chi connectivity index (χ4n) is 2.71. The van der Waals surface area contributed by atoms with E-state index in [-0.39, 0.29) is 22.6 Å². The van der Waals surface area contributed by atoms with E-state index in [2.05, 4.69) is 5.32 Å². The molecule has 1 unspecified atom stereocenters. The van der Waals surface area contributed by atoms with Gasteiger partial charge < -0.3 is 15.2 Å². The number of carboxylic acid groups (broad SMARTS) is 1. The Balaban J connectivity index is 2.23. The van der Waals surface area contributed by atoms with Crippen LogP contribution < -0.4 is 5.32 Å². The zero-order valence-electron chi connectivity index (χ0n) is 12.7. The lowest BCUT2D eigenvalue weighted by atomic mass is 9.96. The molecule has 2 rings (SSSR count). The van der Waals surface area contributed by atoms with Crippen LogP contribution in [0.1, 0.15) is 51.6 Å². The molecule has 1 atom stereocenters. The minimum absolute atomic E-state index is 0.0741. The van der Waals surface area contributed by atoms with Gasteiger partial charge in [-0.25, -0.2) is 4.79 Å². The molecule has 1 aromatic rings. The topological polar surface area (TPSA) is 75.6 Å². The molecule has 0 radical (unpaired) electrons. The molecule has 1 aromatic carbocycles. The second-order valence-corrected chi connectivity index (χ2v) is 5.84. The van der Waals surface area contributed by atoms with Crippen LogP contribution in [-0.4, -0.2) is 35.7 Å². The highest BCUT2D eigenvalue weighted by Crippen LogP contribution is 2.24. The molecule has 1 fully saturated rings. The molecule has 114 valence electrons. The van der Waals surface area contributed by atoms with E-state index in [1.54, 1.807) is 26.0 Å². The molecule has 5 heteroatoms. The Morgan fingerprint density at radius 2 is 1.90 bits per heavy atom. The molecule has 1 heterocycles. The monoisotopic (exact) mass is 291 g/mol. The van der Waals surface area contributed by atoms with Gasteiger partial charge in [0.1, 0.15) is 0 Å². The van der Waals surface area contributed by atoms with Crippen LogP contribution in [-0.2, 0) is 4.74 Å². The number of aryl methyl sites for hydroxylation is 2. The highest BCUT2D eigenvalue weighted by Gasteiger charge is 2.31. The molecule has 0 aromatic heterocycles. The number of aromatic carboxylic acids is 1. The summed E-state index contributed by atoms with van der Waals surface area (Å²) in [4.78, 5) is 23.8. The molecule has 5 nitrogen and oxygen atoms in total. The number of hydrogen-bond donors (Lipinski definition) is 2. The first-order valence-corrected chi connectivity index (χ1v) is 7.10. The minimum atomic E-state index is -1.08. The Morgan fingerprint density at radius 1 is 1.29 bits per heavy atom. The molecule has 0 bridgehead atoms. The van der Waals surface area contributed by atoms with Crippen LogP contribution in [0.2, 0.25) is 0 Å². The molecular weight excluding hydrogens is 270 g/mol. The Kier molecular flexibility index (Phi) is 4.32. The lowest BCUT2D eigenvalue weighted by Gasteiger charge is -2.24. The van der Waals surface area contributed by atoms with Crippen molar-refractivity contribution in [3.63, 3.8) is 0 Å². The van der Waals surface area contributed by atoms with Crippen molar-refractivity contribution in [2.24, 2.45) is 0 Å². The molecule has 2 N–H and O–H groups in total. The van der Waals surface area contributed by atoms with Crippen LogP contribution in [0.15, 0.2) is 12.1 Å². The minimum Gasteiger partial charge on any atom is -0.478 e. The number of carbonyl (C=O) groups excluding carboxylic acids is 1. The van der Waals surface area contributed by atoms with Gasteiger partial charge in [0.2, 0.25) is 0 Å². The van der Waals surface area contributed by atoms with Crippen molar-refractivity contribution in [2.75, 3.05) is 13.2 Å². The van der Waals surface area contributed by atoms with Crippen LogP contribution in [0.25, 0.3) is 0 Å². The van der Waals surface area contributed by atoms with Crippen molar-refractivity contribution in [3.05, 3.63) is 34.4 Å². The second kappa shape index (κ2) is 5.85. The second-order valence-electron chi connectivity index (χ2n) is 5.84. The van der Waals surface area contributed by atoms with Gasteiger partial charge in [-0.3, -0.25) is 4.79 Å². The smallest absolute Gasteiger partial charge is 0.336 e. The van der Waals surface area contributed by atoms with Gasteiger partial charge in [-0.1, -0.05) is 12.1 Å². The van der Waals surface area contributed by atoms with E-state index in [4.69, 9.17) is 4.74 Å². The summed E-state index contributed by atoms with van der Waals surface area (Å²) in [5.41, 5.74) is 1.21. The van der Waals surface area contributed by atoms with Crippen molar-refractivity contribution >= 4 is 11.9 Å². The van der Waals surface area contributed by atoms with E-state index in [9.17, 15) is 14.7 Å². The van der Waals surface area contributed by atoms with E-state index < -0.39 is 5.97 Å². The Labute approximate surface area is 124 Å². The number of ether oxygens (including phenoxy) is 1. The average Bonchev–Trinajstić information content (AvgIpc) is 2.85. The molecular formula is C16H21NO4. The maximum Gasteiger partial charge on any atom is 0.336 e. The molecule has 1 aliphatic heterocycles. The largest absolute Gasteiger partial charge is 0.478 e. The third-order valence-corrected chi connectivity index (χ3v) is 3.99. The number of benzene rings is 1. The number of nitrogens with one attached hydrogen (secondary N) is 1. The fraction of sp³-hybridized carbons (Fsp3) is 0.500. The number of carbonyl (C=O) groups is 2. The van der Waals surface area contributed by atoms with Gasteiger partial charge in [0.05, 0.1) is 16.7 Å². The number of rotatable bonds is 4. The number of carboxylic acids is 1. The lowest BCUT2D eigenvalue weighted by molar-refractivity contribution is 0.0206. The third-order valence-electron chi connectivity index (χ3n) is 3.99. The first kappa shape index (κ1) is 15.5. The fourth-order valence-corrected chi connectivity index (χ4v) is 2.71. The van der Waals surface area contributed by atoms with Gasteiger partial charge in [-0.2, -0.15) is 0 Å². The van der Waals surface area contributed by atoms with Crippen LogP contribution >= 0.6 is 0 Å². The van der Waals surface area contributed by atoms with E-state index in [1.165, 1.54) is 0 Å². The standard InChI is InChI=1S/C16H21NO4/c1-10-5-6-11(2)13(15(19)20)12(10)14(18)17-9-16(3)7-4-8-21-16/h5-6H,4,7-9H2,1-3H3,(H,17,18)(H,19,20). The first-order valence-electron chi connectivity index (χ1n) is 7.10. The van der Waals surface area contributed by atoms with Gasteiger partial charge >= 0.3 is 5.97 Å². The van der Waals surface area contributed by atoms with Gasteiger partial charge in [0.25, 0.3) is 5.91 Å². The number of amides is 1. The van der Waals surface area contributed by atoms with Gasteiger partial charge in [0.15, 0.2) is 0 Å². The summed E-state index contributed by atoms with van der Waals surface area (Å²) in [6.45, 7) is 6.49. The zero-order chi connectivity index (χ0) is 15.6. The van der Waals surface area contributed by atoms with E-state index in [0.717, 1.165) is 12.8 Å². The molecule has 1 saturated heterocycles. The van der Waals surface area contributed by atoms with Crippen molar-refractivity contribution in [3.8, 4) is 0 Å². The summed E-state index contributed by atoms with van der Waals surface area (Å²) in [5, 5.41) is 12.2. The van der Waals surface area contributed by atoms with Crippen molar-refractivity contribution < 1.29 is 19.4 Å². The van der Waals surface area contributed by atoms with Crippen molar-refractivity contribution in [1.82, 2.24) is 5.32 Å². The zero-order valence-corrected chi connectivity index (χ0v) is 12.7. The molecule has 0 aliphatic carbocycles. The van der Waals surface area contributed by atoms with E-state index in [0.29, 0.717) is 24.3 Å². The summed E-state index contributed by atoms with van der Waals surface area (Å²) < 4.78 is 5.63. The van der Waals surface area contributed by atoms with E-state index >= 15 is 0 Å². The summed E-state index contributed by atoms with van der Waals surface area (Å²) >= 11 is 0. The van der Waals surface area contributed by atoms with Crippen LogP contribution in [0, 0.1) is 13.8 Å². The quantitative estimate of drug-likeness (QED) is 0.892. The summed E-state index contributed by atoms with van der Waals surface area (Å²) in [6.07, 6.45) is 1.88. The SMILES string of the molecule is Cc1ccc(C)c(C(=O)NCC2(C)CCCO2)c1C(=O)O. The predicted octanol–water partition coefficient (Wildman–Crippen LogP) is 2.30. The van der Waals surface area contributed by atoms with Gasteiger partial charge in [0, 0.05) is 13.2 Å². The molecule has 21 heavy (non-hydrogen) atoms. The highest BCUT2D eigenvalue weighted by atomic mass is 16.5. The molecule has 1 amide bonds. The van der Waals surface area contributed by atoms with Crippen molar-refractivity contribution in [2.45, 2.75) is 39.2 Å². The maximum atomic E-state index is 12.4. The normalized spacial score (nSPS) is 21.3. The summed E-state index contributed by atoms with van der Waals surface area (Å²) in [6, 6.07) is 3.49. The average molecular weight is 291 g/mol. The van der Waals surface area contributed by atoms with Gasteiger partial charge in [-0.15, -0.1) is 0 Å². The Hall–Kier alpha value is -1.88. The van der Waals surface area contributed by atoms with Crippen LogP contribution in [0.5, 0.6) is 0 Å². The molecule has 0 saturated carbocycles. The summed E-state index contributed by atoms with van der Waals surface area (Å²) in [7, 11) is 0. The molecule has 0 spiro atoms. The van der Waals surface area contributed by atoms with Crippen molar-refractivity contribution in [1.29, 1.82) is 0 Å². The maximum absolute atomic E-state index is 12.4.